The lowest BCUT2D eigenvalue weighted by atomic mass is 9.95. The minimum atomic E-state index is 0.0812. The van der Waals surface area contributed by atoms with Crippen LogP contribution in [0.25, 0.3) is 0 Å². The van der Waals surface area contributed by atoms with E-state index in [4.69, 9.17) is 27.9 Å². The van der Waals surface area contributed by atoms with Crippen LogP contribution in [-0.4, -0.2) is 50.2 Å². The quantitative estimate of drug-likeness (QED) is 0.693. The number of anilines is 1. The fourth-order valence-electron chi connectivity index (χ4n) is 4.23. The van der Waals surface area contributed by atoms with Gasteiger partial charge in [0, 0.05) is 37.8 Å². The van der Waals surface area contributed by atoms with E-state index in [2.05, 4.69) is 39.4 Å². The number of carbonyl (C=O) groups is 1. The molecule has 0 radical (unpaired) electrons. The highest BCUT2D eigenvalue weighted by molar-refractivity contribution is 6.42. The number of nitrogens with one attached hydrogen (secondary N) is 1. The molecule has 0 unspecified atom stereocenters. The topological polar surface area (TPSA) is 44.8 Å². The van der Waals surface area contributed by atoms with Gasteiger partial charge >= 0.3 is 0 Å². The van der Waals surface area contributed by atoms with Crippen LogP contribution in [0.1, 0.15) is 24.0 Å². The standard InChI is InChI=1S/C24H29Cl2N3O2/c25-22-6-3-19(15-23(22)26)17-28-9-7-20(8-10-28)24(30)27-16-18-1-4-21(5-2-18)29-11-13-31-14-12-29/h1-6,15,20H,7-14,16-17H2,(H,27,30). The molecule has 0 aliphatic carbocycles. The summed E-state index contributed by atoms with van der Waals surface area (Å²) >= 11 is 12.1. The molecular weight excluding hydrogens is 433 g/mol. The Kier molecular flexibility index (Phi) is 7.72. The maximum Gasteiger partial charge on any atom is 0.223 e. The van der Waals surface area contributed by atoms with Crippen LogP contribution >= 0.6 is 23.2 Å². The van der Waals surface area contributed by atoms with Crippen LogP contribution in [0.15, 0.2) is 42.5 Å². The molecule has 166 valence electrons. The van der Waals surface area contributed by atoms with Gasteiger partial charge < -0.3 is 15.0 Å². The Labute approximate surface area is 194 Å². The maximum absolute atomic E-state index is 12.6. The van der Waals surface area contributed by atoms with Gasteiger partial charge in [0.25, 0.3) is 0 Å². The molecular formula is C24H29Cl2N3O2. The number of benzene rings is 2. The summed E-state index contributed by atoms with van der Waals surface area (Å²) in [6.07, 6.45) is 1.76. The van der Waals surface area contributed by atoms with Crippen molar-refractivity contribution < 1.29 is 9.53 Å². The molecule has 1 N–H and O–H groups in total. The fourth-order valence-corrected chi connectivity index (χ4v) is 4.55. The van der Waals surface area contributed by atoms with Crippen molar-refractivity contribution in [1.29, 1.82) is 0 Å². The van der Waals surface area contributed by atoms with Gasteiger partial charge in [-0.15, -0.1) is 0 Å². The molecule has 2 aromatic carbocycles. The van der Waals surface area contributed by atoms with Gasteiger partial charge in [-0.25, -0.2) is 0 Å². The van der Waals surface area contributed by atoms with E-state index >= 15 is 0 Å². The predicted octanol–water partition coefficient (Wildman–Crippen LogP) is 4.36. The van der Waals surface area contributed by atoms with Crippen LogP contribution in [-0.2, 0) is 22.6 Å². The van der Waals surface area contributed by atoms with Gasteiger partial charge in [0.15, 0.2) is 0 Å². The van der Waals surface area contributed by atoms with Gasteiger partial charge in [0.2, 0.25) is 5.91 Å². The third-order valence-corrected chi connectivity index (χ3v) is 6.87. The number of hydrogen-bond donors (Lipinski definition) is 1. The zero-order valence-corrected chi connectivity index (χ0v) is 19.2. The number of amides is 1. The summed E-state index contributed by atoms with van der Waals surface area (Å²) in [6.45, 7) is 6.65. The second kappa shape index (κ2) is 10.7. The zero-order valence-electron chi connectivity index (χ0n) is 17.7. The summed E-state index contributed by atoms with van der Waals surface area (Å²) in [5.41, 5.74) is 3.49. The van der Waals surface area contributed by atoms with Crippen LogP contribution in [0, 0.1) is 5.92 Å². The van der Waals surface area contributed by atoms with Crippen molar-refractivity contribution in [2.24, 2.45) is 5.92 Å². The smallest absolute Gasteiger partial charge is 0.223 e. The molecule has 2 heterocycles. The molecule has 5 nitrogen and oxygen atoms in total. The molecule has 0 spiro atoms. The Morgan fingerprint density at radius 3 is 2.29 bits per heavy atom. The molecule has 2 aliphatic rings. The average molecular weight is 462 g/mol. The molecule has 7 heteroatoms. The number of piperidine rings is 1. The lowest BCUT2D eigenvalue weighted by molar-refractivity contribution is -0.126. The number of carbonyl (C=O) groups excluding carboxylic acids is 1. The van der Waals surface area contributed by atoms with E-state index in [1.54, 1.807) is 0 Å². The number of ether oxygens (including phenoxy) is 1. The van der Waals surface area contributed by atoms with E-state index < -0.39 is 0 Å². The molecule has 2 aromatic rings. The predicted molar refractivity (Wildman–Crippen MR) is 126 cm³/mol. The maximum atomic E-state index is 12.6. The molecule has 2 fully saturated rings. The van der Waals surface area contributed by atoms with Gasteiger partial charge in [-0.2, -0.15) is 0 Å². The SMILES string of the molecule is O=C(NCc1ccc(N2CCOCC2)cc1)C1CCN(Cc2ccc(Cl)c(Cl)c2)CC1. The second-order valence-corrected chi connectivity index (χ2v) is 9.10. The molecule has 0 atom stereocenters. The summed E-state index contributed by atoms with van der Waals surface area (Å²) < 4.78 is 5.41. The minimum absolute atomic E-state index is 0.0812. The molecule has 0 saturated carbocycles. The monoisotopic (exact) mass is 461 g/mol. The Morgan fingerprint density at radius 2 is 1.61 bits per heavy atom. The normalized spacial score (nSPS) is 18.2. The highest BCUT2D eigenvalue weighted by atomic mass is 35.5. The first-order valence-corrected chi connectivity index (χ1v) is 11.7. The van der Waals surface area contributed by atoms with E-state index in [1.165, 1.54) is 5.69 Å². The Morgan fingerprint density at radius 1 is 0.935 bits per heavy atom. The number of likely N-dealkylation sites (tertiary alicyclic amines) is 1. The van der Waals surface area contributed by atoms with Crippen molar-refractivity contribution in [3.8, 4) is 0 Å². The average Bonchev–Trinajstić information content (AvgIpc) is 2.81. The van der Waals surface area contributed by atoms with Gasteiger partial charge in [-0.3, -0.25) is 9.69 Å². The molecule has 0 bridgehead atoms. The largest absolute Gasteiger partial charge is 0.378 e. The van der Waals surface area contributed by atoms with Gasteiger partial charge in [0.1, 0.15) is 0 Å². The molecule has 31 heavy (non-hydrogen) atoms. The highest BCUT2D eigenvalue weighted by Gasteiger charge is 2.25. The van der Waals surface area contributed by atoms with Gasteiger partial charge in [-0.05, 0) is 61.3 Å². The van der Waals surface area contributed by atoms with Crippen LogP contribution in [0.4, 0.5) is 5.69 Å². The van der Waals surface area contributed by atoms with Crippen molar-refractivity contribution in [1.82, 2.24) is 10.2 Å². The third-order valence-electron chi connectivity index (χ3n) is 6.13. The summed E-state index contributed by atoms with van der Waals surface area (Å²) in [5.74, 6) is 0.240. The van der Waals surface area contributed by atoms with Crippen molar-refractivity contribution in [3.05, 3.63) is 63.6 Å². The zero-order chi connectivity index (χ0) is 21.6. The van der Waals surface area contributed by atoms with Crippen molar-refractivity contribution in [2.45, 2.75) is 25.9 Å². The number of halogens is 2. The van der Waals surface area contributed by atoms with Gasteiger partial charge in [-0.1, -0.05) is 41.4 Å². The van der Waals surface area contributed by atoms with Crippen LogP contribution in [0.2, 0.25) is 10.0 Å². The number of rotatable bonds is 6. The Hall–Kier alpha value is -1.79. The van der Waals surface area contributed by atoms with Crippen LogP contribution in [0.3, 0.4) is 0 Å². The molecule has 1 amide bonds. The molecule has 2 aliphatic heterocycles. The molecule has 0 aromatic heterocycles. The van der Waals surface area contributed by atoms with E-state index in [-0.39, 0.29) is 11.8 Å². The van der Waals surface area contributed by atoms with Gasteiger partial charge in [0.05, 0.1) is 23.3 Å². The van der Waals surface area contributed by atoms with E-state index in [0.29, 0.717) is 16.6 Å². The molecule has 4 rings (SSSR count). The second-order valence-electron chi connectivity index (χ2n) is 8.28. The number of hydrogen-bond acceptors (Lipinski definition) is 4. The summed E-state index contributed by atoms with van der Waals surface area (Å²) in [4.78, 5) is 17.3. The first-order chi connectivity index (χ1) is 15.1. The van der Waals surface area contributed by atoms with Crippen LogP contribution in [0.5, 0.6) is 0 Å². The first-order valence-electron chi connectivity index (χ1n) is 10.9. The lowest BCUT2D eigenvalue weighted by Gasteiger charge is -2.31. The summed E-state index contributed by atoms with van der Waals surface area (Å²) in [5, 5.41) is 4.29. The van der Waals surface area contributed by atoms with Crippen molar-refractivity contribution in [2.75, 3.05) is 44.3 Å². The summed E-state index contributed by atoms with van der Waals surface area (Å²) in [7, 11) is 0. The lowest BCUT2D eigenvalue weighted by Crippen LogP contribution is -2.40. The third kappa shape index (κ3) is 6.13. The summed E-state index contributed by atoms with van der Waals surface area (Å²) in [6, 6.07) is 14.2. The van der Waals surface area contributed by atoms with Crippen molar-refractivity contribution in [3.63, 3.8) is 0 Å². The first kappa shape index (κ1) is 22.4. The van der Waals surface area contributed by atoms with Crippen LogP contribution < -0.4 is 10.2 Å². The van der Waals surface area contributed by atoms with Crippen molar-refractivity contribution >= 4 is 34.8 Å². The minimum Gasteiger partial charge on any atom is -0.378 e. The Balaban J connectivity index is 1.20. The molecule has 2 saturated heterocycles. The number of morpholine rings is 1. The van der Waals surface area contributed by atoms with E-state index in [0.717, 1.165) is 69.9 Å². The highest BCUT2D eigenvalue weighted by Crippen LogP contribution is 2.25. The number of nitrogens with zero attached hydrogens (tertiary/aromatic N) is 2. The van der Waals surface area contributed by atoms with E-state index in [1.807, 2.05) is 18.2 Å². The Bertz CT molecular complexity index is 877. The van der Waals surface area contributed by atoms with E-state index in [9.17, 15) is 4.79 Å². The fraction of sp³-hybridized carbons (Fsp3) is 0.458.